The molecule has 0 bridgehead atoms. The summed E-state index contributed by atoms with van der Waals surface area (Å²) in [5.74, 6) is -0.452. The van der Waals surface area contributed by atoms with Crippen molar-refractivity contribution >= 4 is 62.1 Å². The molecule has 0 radical (unpaired) electrons. The second-order valence-electron chi connectivity index (χ2n) is 10.2. The van der Waals surface area contributed by atoms with Gasteiger partial charge in [0.15, 0.2) is 0 Å². The summed E-state index contributed by atoms with van der Waals surface area (Å²) < 4.78 is 32.5. The fraction of sp³-hybridized carbons (Fsp3) is 0.214. The number of anilines is 2. The molecule has 0 aliphatic carbocycles. The fourth-order valence-electron chi connectivity index (χ4n) is 4.95. The number of sulfonamides is 1. The summed E-state index contributed by atoms with van der Waals surface area (Å²) in [5.41, 5.74) is 1.44. The highest BCUT2D eigenvalue weighted by molar-refractivity contribution is 7.92. The predicted octanol–water partition coefficient (Wildman–Crippen LogP) is 6.18. The second-order valence-corrected chi connectivity index (χ2v) is 13.1. The Morgan fingerprint density at radius 3 is 2.35 bits per heavy atom. The van der Waals surface area contributed by atoms with Crippen molar-refractivity contribution in [2.24, 2.45) is 7.05 Å². The van der Waals surface area contributed by atoms with Crippen molar-refractivity contribution in [1.82, 2.24) is 9.36 Å². The third-order valence-electron chi connectivity index (χ3n) is 7.10. The Morgan fingerprint density at radius 2 is 1.68 bits per heavy atom. The number of carbonyl (C=O) groups excluding carboxylic acids is 1. The lowest BCUT2D eigenvalue weighted by molar-refractivity contribution is 0.0985. The van der Waals surface area contributed by atoms with E-state index < -0.39 is 26.4 Å². The van der Waals surface area contributed by atoms with Gasteiger partial charge >= 0.3 is 0 Å². The maximum atomic E-state index is 13.7. The molecule has 5 rings (SSSR count). The molecule has 1 amide bonds. The van der Waals surface area contributed by atoms with E-state index in [0.717, 1.165) is 5.56 Å². The van der Waals surface area contributed by atoms with Crippen LogP contribution >= 0.6 is 34.8 Å². The zero-order valence-electron chi connectivity index (χ0n) is 22.0. The maximum absolute atomic E-state index is 13.7. The first-order valence-corrected chi connectivity index (χ1v) is 14.8. The largest absolute Gasteiger partial charge is 0.307 e. The van der Waals surface area contributed by atoms with Gasteiger partial charge in [0.2, 0.25) is 0 Å². The van der Waals surface area contributed by atoms with Crippen LogP contribution in [0.2, 0.25) is 15.1 Å². The Bertz CT molecular complexity index is 1850. The first-order valence-electron chi connectivity index (χ1n) is 12.2. The number of hydrogen-bond acceptors (Lipinski definition) is 4. The van der Waals surface area contributed by atoms with Crippen molar-refractivity contribution in [2.75, 3.05) is 16.2 Å². The van der Waals surface area contributed by atoms with Crippen molar-refractivity contribution in [1.29, 1.82) is 0 Å². The molecular formula is C28H25Cl3N4O4S. The summed E-state index contributed by atoms with van der Waals surface area (Å²) in [5, 5.41) is 0.170. The molecule has 0 atom stereocenters. The van der Waals surface area contributed by atoms with Crippen LogP contribution in [-0.2, 0) is 22.5 Å². The molecule has 1 N–H and O–H groups in total. The number of benzene rings is 3. The lowest BCUT2D eigenvalue weighted by Gasteiger charge is -2.21. The molecule has 40 heavy (non-hydrogen) atoms. The standard InChI is InChI=1S/C28H25Cl3N4O4S/c1-16-25(27(37)35(33(16)4)19-8-6-5-7-9-19)32-40(38,39)23-13-17(12-21(30)24(23)31)26(36)34-15-28(2,3)20-14-18(29)10-11-22(20)34/h5-14,32H,15H2,1-4H3. The number of amides is 1. The van der Waals surface area contributed by atoms with Crippen LogP contribution in [-0.4, -0.2) is 30.2 Å². The average molecular weight is 620 g/mol. The van der Waals surface area contributed by atoms with Crippen LogP contribution < -0.4 is 15.2 Å². The zero-order valence-corrected chi connectivity index (χ0v) is 25.1. The molecule has 0 fully saturated rings. The lowest BCUT2D eigenvalue weighted by atomic mass is 9.87. The van der Waals surface area contributed by atoms with Crippen molar-refractivity contribution in [3.8, 4) is 5.69 Å². The monoisotopic (exact) mass is 618 g/mol. The van der Waals surface area contributed by atoms with Crippen LogP contribution in [0, 0.1) is 6.92 Å². The van der Waals surface area contributed by atoms with Gasteiger partial charge in [0.25, 0.3) is 21.5 Å². The van der Waals surface area contributed by atoms with E-state index in [1.807, 2.05) is 26.0 Å². The number of nitrogens with zero attached hydrogens (tertiary/aromatic N) is 3. The molecule has 1 aromatic heterocycles. The van der Waals surface area contributed by atoms with Gasteiger partial charge in [0, 0.05) is 35.3 Å². The number of para-hydroxylation sites is 1. The molecule has 12 heteroatoms. The van der Waals surface area contributed by atoms with Gasteiger partial charge in [-0.25, -0.2) is 13.1 Å². The van der Waals surface area contributed by atoms with E-state index in [1.165, 1.54) is 16.8 Å². The van der Waals surface area contributed by atoms with Crippen LogP contribution in [0.15, 0.2) is 70.4 Å². The van der Waals surface area contributed by atoms with Crippen molar-refractivity contribution < 1.29 is 13.2 Å². The summed E-state index contributed by atoms with van der Waals surface area (Å²) in [6.45, 7) is 5.96. The van der Waals surface area contributed by atoms with Gasteiger partial charge in [-0.15, -0.1) is 0 Å². The molecule has 4 aromatic rings. The number of carbonyl (C=O) groups is 1. The van der Waals surface area contributed by atoms with Crippen LogP contribution in [0.3, 0.4) is 0 Å². The Kier molecular flexibility index (Phi) is 7.07. The van der Waals surface area contributed by atoms with E-state index in [4.69, 9.17) is 34.8 Å². The fourth-order valence-corrected chi connectivity index (χ4v) is 7.05. The predicted molar refractivity (Wildman–Crippen MR) is 159 cm³/mol. The highest BCUT2D eigenvalue weighted by Gasteiger charge is 2.39. The van der Waals surface area contributed by atoms with Gasteiger partial charge < -0.3 is 4.90 Å². The number of fused-ring (bicyclic) bond motifs is 1. The number of halogens is 3. The summed E-state index contributed by atoms with van der Waals surface area (Å²) >= 11 is 18.9. The number of hydrogen-bond donors (Lipinski definition) is 1. The summed E-state index contributed by atoms with van der Waals surface area (Å²) in [6, 6.07) is 16.6. The first kappa shape index (κ1) is 28.3. The second kappa shape index (κ2) is 9.99. The minimum atomic E-state index is -4.45. The highest BCUT2D eigenvalue weighted by atomic mass is 35.5. The van der Waals surface area contributed by atoms with Crippen LogP contribution in [0.1, 0.15) is 35.5 Å². The smallest absolute Gasteiger partial charge is 0.296 e. The van der Waals surface area contributed by atoms with E-state index in [2.05, 4.69) is 4.72 Å². The average Bonchev–Trinajstić information content (AvgIpc) is 3.29. The van der Waals surface area contributed by atoms with Crippen LogP contribution in [0.25, 0.3) is 5.69 Å². The molecule has 3 aromatic carbocycles. The van der Waals surface area contributed by atoms with Gasteiger partial charge in [-0.3, -0.25) is 19.0 Å². The normalized spacial score (nSPS) is 14.3. The summed E-state index contributed by atoms with van der Waals surface area (Å²) in [7, 11) is -2.80. The molecule has 2 heterocycles. The minimum Gasteiger partial charge on any atom is -0.307 e. The molecular weight excluding hydrogens is 595 g/mol. The van der Waals surface area contributed by atoms with Crippen molar-refractivity contribution in [2.45, 2.75) is 31.1 Å². The maximum Gasteiger partial charge on any atom is 0.296 e. The molecule has 8 nitrogen and oxygen atoms in total. The van der Waals surface area contributed by atoms with E-state index in [0.29, 0.717) is 28.6 Å². The quantitative estimate of drug-likeness (QED) is 0.289. The van der Waals surface area contributed by atoms with Gasteiger partial charge in [-0.2, -0.15) is 0 Å². The van der Waals surface area contributed by atoms with E-state index >= 15 is 0 Å². The zero-order chi connectivity index (χ0) is 29.1. The third-order valence-corrected chi connectivity index (χ3v) is 9.62. The van der Waals surface area contributed by atoms with Gasteiger partial charge in [0.1, 0.15) is 10.6 Å². The summed E-state index contributed by atoms with van der Waals surface area (Å²) in [4.78, 5) is 28.2. The number of aromatic nitrogens is 2. The van der Waals surface area contributed by atoms with Crippen LogP contribution in [0.4, 0.5) is 11.4 Å². The third kappa shape index (κ3) is 4.71. The van der Waals surface area contributed by atoms with Gasteiger partial charge in [0.05, 0.1) is 21.4 Å². The van der Waals surface area contributed by atoms with Gasteiger partial charge in [-0.05, 0) is 55.0 Å². The Labute approximate surface area is 246 Å². The number of nitrogens with one attached hydrogen (secondary N) is 1. The van der Waals surface area contributed by atoms with E-state index in [9.17, 15) is 18.0 Å². The molecule has 1 aliphatic rings. The molecule has 0 saturated heterocycles. The highest BCUT2D eigenvalue weighted by Crippen LogP contribution is 2.43. The molecule has 0 unspecified atom stereocenters. The topological polar surface area (TPSA) is 93.4 Å². The van der Waals surface area contributed by atoms with Crippen LogP contribution in [0.5, 0.6) is 0 Å². The van der Waals surface area contributed by atoms with Crippen molar-refractivity contribution in [3.63, 3.8) is 0 Å². The lowest BCUT2D eigenvalue weighted by Crippen LogP contribution is -2.34. The minimum absolute atomic E-state index is 0.0276. The number of rotatable bonds is 5. The summed E-state index contributed by atoms with van der Waals surface area (Å²) in [6.07, 6.45) is 0. The van der Waals surface area contributed by atoms with E-state index in [-0.39, 0.29) is 26.7 Å². The molecule has 1 aliphatic heterocycles. The first-order chi connectivity index (χ1) is 18.7. The molecule has 208 valence electrons. The Hall–Kier alpha value is -3.24. The molecule has 0 spiro atoms. The Morgan fingerprint density at radius 1 is 1.00 bits per heavy atom. The van der Waals surface area contributed by atoms with E-state index in [1.54, 1.807) is 60.0 Å². The SMILES string of the molecule is Cc1c(NS(=O)(=O)c2cc(C(=O)N3CC(C)(C)c4cc(Cl)ccc43)cc(Cl)c2Cl)c(=O)n(-c2ccccc2)n1C. The Balaban J connectivity index is 1.55. The van der Waals surface area contributed by atoms with Crippen molar-refractivity contribution in [3.05, 3.63) is 103 Å². The molecule has 0 saturated carbocycles. The van der Waals surface area contributed by atoms with Gasteiger partial charge in [-0.1, -0.05) is 66.8 Å².